The van der Waals surface area contributed by atoms with Crippen LogP contribution in [0.15, 0.2) is 24.3 Å². The number of methoxy groups -OCH3 is 1. The predicted molar refractivity (Wildman–Crippen MR) is 90.3 cm³/mol. The van der Waals surface area contributed by atoms with Crippen molar-refractivity contribution in [1.29, 1.82) is 0 Å². The molecule has 1 atom stereocenters. The van der Waals surface area contributed by atoms with E-state index in [1.165, 1.54) is 11.3 Å². The minimum absolute atomic E-state index is 0.0853. The van der Waals surface area contributed by atoms with Crippen LogP contribution >= 0.6 is 11.3 Å². The molecule has 2 aromatic rings. The van der Waals surface area contributed by atoms with Crippen LogP contribution in [-0.4, -0.2) is 24.0 Å². The molecule has 1 aromatic heterocycles. The van der Waals surface area contributed by atoms with E-state index in [1.807, 2.05) is 45.0 Å². The Labute approximate surface area is 134 Å². The molecule has 0 bridgehead atoms. The zero-order valence-electron chi connectivity index (χ0n) is 13.2. The minimum Gasteiger partial charge on any atom is -0.497 e. The number of aryl methyl sites for hydroxylation is 1. The summed E-state index contributed by atoms with van der Waals surface area (Å²) in [6.45, 7) is 5.82. The fourth-order valence-corrected chi connectivity index (χ4v) is 2.80. The van der Waals surface area contributed by atoms with E-state index in [1.54, 1.807) is 7.11 Å². The highest BCUT2D eigenvalue weighted by Gasteiger charge is 2.19. The number of amides is 1. The van der Waals surface area contributed by atoms with Crippen molar-refractivity contribution in [3.63, 3.8) is 0 Å². The molecule has 1 amide bonds. The molecule has 1 unspecified atom stereocenters. The molecule has 5 nitrogen and oxygen atoms in total. The molecule has 1 aromatic carbocycles. The van der Waals surface area contributed by atoms with E-state index in [0.29, 0.717) is 5.13 Å². The fourth-order valence-electron chi connectivity index (χ4n) is 1.96. The lowest BCUT2D eigenvalue weighted by Crippen LogP contribution is -2.39. The summed E-state index contributed by atoms with van der Waals surface area (Å²) in [6.07, 6.45) is 0. The highest BCUT2D eigenvalue weighted by molar-refractivity contribution is 7.16. The highest BCUT2D eigenvalue weighted by atomic mass is 32.1. The standard InChI is InChI=1S/C16H21N3O2S/c1-9(2)13(17)15(20)19-16-18-14(10(3)22-16)11-5-7-12(21-4)8-6-11/h5-9,13H,17H2,1-4H3,(H,18,19,20). The minimum atomic E-state index is -0.534. The van der Waals surface area contributed by atoms with Gasteiger partial charge in [0.05, 0.1) is 18.8 Å². The monoisotopic (exact) mass is 319 g/mol. The van der Waals surface area contributed by atoms with Gasteiger partial charge < -0.3 is 15.8 Å². The van der Waals surface area contributed by atoms with Crippen molar-refractivity contribution in [2.24, 2.45) is 11.7 Å². The van der Waals surface area contributed by atoms with Gasteiger partial charge in [0.1, 0.15) is 5.75 Å². The summed E-state index contributed by atoms with van der Waals surface area (Å²) in [5, 5.41) is 3.37. The van der Waals surface area contributed by atoms with Gasteiger partial charge in [0.25, 0.3) is 0 Å². The quantitative estimate of drug-likeness (QED) is 0.888. The van der Waals surface area contributed by atoms with Crippen molar-refractivity contribution < 1.29 is 9.53 Å². The van der Waals surface area contributed by atoms with Crippen LogP contribution < -0.4 is 15.8 Å². The van der Waals surface area contributed by atoms with Crippen molar-refractivity contribution in [1.82, 2.24) is 4.98 Å². The number of ether oxygens (including phenoxy) is 1. The Morgan fingerprint density at radius 1 is 1.32 bits per heavy atom. The van der Waals surface area contributed by atoms with Crippen molar-refractivity contribution in [3.8, 4) is 17.0 Å². The first kappa shape index (κ1) is 16.5. The smallest absolute Gasteiger partial charge is 0.243 e. The Morgan fingerprint density at radius 3 is 2.50 bits per heavy atom. The topological polar surface area (TPSA) is 77.2 Å². The number of thiazole rings is 1. The zero-order valence-corrected chi connectivity index (χ0v) is 14.0. The summed E-state index contributed by atoms with van der Waals surface area (Å²) >= 11 is 1.45. The van der Waals surface area contributed by atoms with Crippen LogP contribution in [-0.2, 0) is 4.79 Å². The van der Waals surface area contributed by atoms with Gasteiger partial charge in [-0.05, 0) is 37.1 Å². The number of nitrogens with zero attached hydrogens (tertiary/aromatic N) is 1. The van der Waals surface area contributed by atoms with E-state index in [4.69, 9.17) is 10.5 Å². The third-order valence-electron chi connectivity index (χ3n) is 3.41. The van der Waals surface area contributed by atoms with Gasteiger partial charge in [0.15, 0.2) is 5.13 Å². The fraction of sp³-hybridized carbons (Fsp3) is 0.375. The number of carbonyl (C=O) groups is 1. The molecular weight excluding hydrogens is 298 g/mol. The molecule has 0 aliphatic rings. The largest absolute Gasteiger partial charge is 0.497 e. The third kappa shape index (κ3) is 3.64. The van der Waals surface area contributed by atoms with Gasteiger partial charge in [0.2, 0.25) is 5.91 Å². The molecule has 1 heterocycles. The number of aromatic nitrogens is 1. The van der Waals surface area contributed by atoms with Crippen molar-refractivity contribution >= 4 is 22.4 Å². The van der Waals surface area contributed by atoms with Gasteiger partial charge in [-0.2, -0.15) is 0 Å². The first-order chi connectivity index (χ1) is 10.4. The molecule has 0 fully saturated rings. The van der Waals surface area contributed by atoms with Crippen LogP contribution in [0.2, 0.25) is 0 Å². The maximum Gasteiger partial charge on any atom is 0.243 e. The lowest BCUT2D eigenvalue weighted by Gasteiger charge is -2.13. The number of benzene rings is 1. The maximum absolute atomic E-state index is 12.0. The molecule has 0 saturated heterocycles. The second kappa shape index (κ2) is 6.89. The molecule has 3 N–H and O–H groups in total. The summed E-state index contributed by atoms with van der Waals surface area (Å²) in [5.41, 5.74) is 7.70. The Bertz CT molecular complexity index is 650. The molecule has 0 saturated carbocycles. The summed E-state index contributed by atoms with van der Waals surface area (Å²) in [4.78, 5) is 17.6. The maximum atomic E-state index is 12.0. The van der Waals surface area contributed by atoms with E-state index < -0.39 is 6.04 Å². The second-order valence-corrected chi connectivity index (χ2v) is 6.61. The van der Waals surface area contributed by atoms with Gasteiger partial charge in [-0.1, -0.05) is 13.8 Å². The molecule has 0 spiro atoms. The number of nitrogens with two attached hydrogens (primary N) is 1. The van der Waals surface area contributed by atoms with E-state index >= 15 is 0 Å². The van der Waals surface area contributed by atoms with Crippen LogP contribution in [0, 0.1) is 12.8 Å². The summed E-state index contributed by atoms with van der Waals surface area (Å²) in [7, 11) is 1.63. The number of hydrogen-bond donors (Lipinski definition) is 2. The second-order valence-electron chi connectivity index (χ2n) is 5.41. The van der Waals surface area contributed by atoms with E-state index in [0.717, 1.165) is 21.9 Å². The van der Waals surface area contributed by atoms with Crippen molar-refractivity contribution in [3.05, 3.63) is 29.1 Å². The van der Waals surface area contributed by atoms with Crippen LogP contribution in [0.4, 0.5) is 5.13 Å². The first-order valence-corrected chi connectivity index (χ1v) is 7.92. The Kier molecular flexibility index (Phi) is 5.15. The zero-order chi connectivity index (χ0) is 16.3. The molecule has 0 radical (unpaired) electrons. The molecule has 2 rings (SSSR count). The lowest BCUT2D eigenvalue weighted by atomic mass is 10.1. The molecular formula is C16H21N3O2S. The van der Waals surface area contributed by atoms with E-state index in [9.17, 15) is 4.79 Å². The van der Waals surface area contributed by atoms with Crippen molar-refractivity contribution in [2.45, 2.75) is 26.8 Å². The number of rotatable bonds is 5. The molecule has 0 aliphatic carbocycles. The summed E-state index contributed by atoms with van der Waals surface area (Å²) in [5.74, 6) is 0.681. The average molecular weight is 319 g/mol. The Morgan fingerprint density at radius 2 is 1.95 bits per heavy atom. The molecule has 22 heavy (non-hydrogen) atoms. The number of carbonyl (C=O) groups excluding carboxylic acids is 1. The van der Waals surface area contributed by atoms with Crippen LogP contribution in [0.25, 0.3) is 11.3 Å². The summed E-state index contributed by atoms with van der Waals surface area (Å²) in [6, 6.07) is 7.15. The molecule has 0 aliphatic heterocycles. The molecule has 6 heteroatoms. The van der Waals surface area contributed by atoms with Gasteiger partial charge >= 0.3 is 0 Å². The first-order valence-electron chi connectivity index (χ1n) is 7.10. The number of nitrogens with one attached hydrogen (secondary N) is 1. The number of hydrogen-bond acceptors (Lipinski definition) is 5. The van der Waals surface area contributed by atoms with Gasteiger partial charge in [0, 0.05) is 10.4 Å². The van der Waals surface area contributed by atoms with Gasteiger partial charge in [-0.15, -0.1) is 11.3 Å². The molecule has 118 valence electrons. The Hall–Kier alpha value is -1.92. The lowest BCUT2D eigenvalue weighted by molar-refractivity contribution is -0.118. The van der Waals surface area contributed by atoms with Crippen LogP contribution in [0.5, 0.6) is 5.75 Å². The van der Waals surface area contributed by atoms with E-state index in [2.05, 4.69) is 10.3 Å². The number of anilines is 1. The predicted octanol–water partition coefficient (Wildman–Crippen LogP) is 3.05. The normalized spacial score (nSPS) is 12.3. The average Bonchev–Trinajstić information content (AvgIpc) is 2.86. The third-order valence-corrected chi connectivity index (χ3v) is 4.30. The van der Waals surface area contributed by atoms with Crippen LogP contribution in [0.1, 0.15) is 18.7 Å². The Balaban J connectivity index is 2.18. The van der Waals surface area contributed by atoms with Crippen LogP contribution in [0.3, 0.4) is 0 Å². The SMILES string of the molecule is COc1ccc(-c2nc(NC(=O)C(N)C(C)C)sc2C)cc1. The van der Waals surface area contributed by atoms with Crippen molar-refractivity contribution in [2.75, 3.05) is 12.4 Å². The van der Waals surface area contributed by atoms with E-state index in [-0.39, 0.29) is 11.8 Å². The highest BCUT2D eigenvalue weighted by Crippen LogP contribution is 2.31. The van der Waals surface area contributed by atoms with Gasteiger partial charge in [-0.25, -0.2) is 4.98 Å². The summed E-state index contributed by atoms with van der Waals surface area (Å²) < 4.78 is 5.15. The van der Waals surface area contributed by atoms with Gasteiger partial charge in [-0.3, -0.25) is 4.79 Å².